The number of benzene rings is 2. The first kappa shape index (κ1) is 16.1. The van der Waals surface area contributed by atoms with Gasteiger partial charge in [-0.3, -0.25) is 0 Å². The third-order valence-corrected chi connectivity index (χ3v) is 4.18. The fourth-order valence-electron chi connectivity index (χ4n) is 2.94. The van der Waals surface area contributed by atoms with Gasteiger partial charge in [-0.05, 0) is 47.2 Å². The Morgan fingerprint density at radius 3 is 2.96 bits per heavy atom. The van der Waals surface area contributed by atoms with Gasteiger partial charge in [0.25, 0.3) is 0 Å². The van der Waals surface area contributed by atoms with Crippen molar-refractivity contribution in [3.05, 3.63) is 59.9 Å². The molecule has 0 radical (unpaired) electrons. The van der Waals surface area contributed by atoms with E-state index in [9.17, 15) is 4.79 Å². The third kappa shape index (κ3) is 3.34. The second-order valence-corrected chi connectivity index (χ2v) is 6.07. The van der Waals surface area contributed by atoms with Crippen LogP contribution < -0.4 is 15.4 Å². The lowest BCUT2D eigenvalue weighted by Crippen LogP contribution is -2.37. The predicted octanol–water partition coefficient (Wildman–Crippen LogP) is 2.10. The van der Waals surface area contributed by atoms with Gasteiger partial charge in [-0.25, -0.2) is 4.79 Å². The number of nitrogens with zero attached hydrogens (tertiary/aromatic N) is 4. The van der Waals surface area contributed by atoms with E-state index in [1.54, 1.807) is 4.68 Å². The minimum Gasteiger partial charge on any atom is -0.488 e. The number of ether oxygens (including phenoxy) is 1. The van der Waals surface area contributed by atoms with Crippen molar-refractivity contribution in [3.8, 4) is 11.4 Å². The molecule has 0 bridgehead atoms. The van der Waals surface area contributed by atoms with Crippen molar-refractivity contribution in [2.24, 2.45) is 0 Å². The summed E-state index contributed by atoms with van der Waals surface area (Å²) in [7, 11) is 0. The number of nitrogens with one attached hydrogen (secondary N) is 2. The van der Waals surface area contributed by atoms with Crippen LogP contribution in [0.15, 0.2) is 48.5 Å². The first-order valence-corrected chi connectivity index (χ1v) is 8.34. The van der Waals surface area contributed by atoms with Crippen LogP contribution >= 0.6 is 0 Å². The van der Waals surface area contributed by atoms with Gasteiger partial charge in [-0.15, -0.1) is 5.10 Å². The summed E-state index contributed by atoms with van der Waals surface area (Å²) in [4.78, 5) is 12.2. The van der Waals surface area contributed by atoms with Crippen LogP contribution in [0.1, 0.15) is 11.4 Å². The number of carbonyl (C=O) groups excluding carboxylic acids is 1. The van der Waals surface area contributed by atoms with Crippen LogP contribution in [-0.2, 0) is 6.42 Å². The SMILES string of the molecule is Cc1nnnn1-c1cccc(NC(=O)NC[C@@H]2Cc3ccccc3O2)c1. The summed E-state index contributed by atoms with van der Waals surface area (Å²) >= 11 is 0. The lowest BCUT2D eigenvalue weighted by molar-refractivity contribution is 0.219. The van der Waals surface area contributed by atoms with Gasteiger partial charge in [0, 0.05) is 12.1 Å². The van der Waals surface area contributed by atoms with Gasteiger partial charge >= 0.3 is 6.03 Å². The molecule has 2 N–H and O–H groups in total. The average molecular weight is 350 g/mol. The summed E-state index contributed by atoms with van der Waals surface area (Å²) < 4.78 is 7.42. The molecule has 2 aromatic carbocycles. The molecule has 0 spiro atoms. The Morgan fingerprint density at radius 1 is 1.27 bits per heavy atom. The van der Waals surface area contributed by atoms with Crippen molar-refractivity contribution >= 4 is 11.7 Å². The topological polar surface area (TPSA) is 94.0 Å². The van der Waals surface area contributed by atoms with Gasteiger partial charge in [0.15, 0.2) is 5.82 Å². The molecule has 0 aliphatic carbocycles. The van der Waals surface area contributed by atoms with Gasteiger partial charge in [0.2, 0.25) is 0 Å². The number of carbonyl (C=O) groups is 1. The van der Waals surface area contributed by atoms with Crippen LogP contribution in [0.25, 0.3) is 5.69 Å². The van der Waals surface area contributed by atoms with Crippen LogP contribution in [0, 0.1) is 6.92 Å². The number of hydrogen-bond donors (Lipinski definition) is 2. The first-order valence-electron chi connectivity index (χ1n) is 8.34. The summed E-state index contributed by atoms with van der Waals surface area (Å²) in [5.41, 5.74) is 2.61. The zero-order chi connectivity index (χ0) is 17.9. The molecule has 8 nitrogen and oxygen atoms in total. The molecule has 4 rings (SSSR count). The Bertz CT molecular complexity index is 914. The fraction of sp³-hybridized carbons (Fsp3) is 0.222. The number of rotatable bonds is 4. The molecule has 1 aliphatic heterocycles. The number of para-hydroxylation sites is 1. The van der Waals surface area contributed by atoms with E-state index in [4.69, 9.17) is 4.74 Å². The maximum absolute atomic E-state index is 12.2. The number of aromatic nitrogens is 4. The lowest BCUT2D eigenvalue weighted by atomic mass is 10.1. The number of anilines is 1. The summed E-state index contributed by atoms with van der Waals surface area (Å²) in [5.74, 6) is 1.56. The van der Waals surface area contributed by atoms with Crippen LogP contribution in [-0.4, -0.2) is 38.9 Å². The van der Waals surface area contributed by atoms with Crippen molar-refractivity contribution in [2.45, 2.75) is 19.4 Å². The second kappa shape index (κ2) is 6.83. The van der Waals surface area contributed by atoms with E-state index in [-0.39, 0.29) is 12.1 Å². The van der Waals surface area contributed by atoms with E-state index >= 15 is 0 Å². The minimum atomic E-state index is -0.282. The molecular weight excluding hydrogens is 332 g/mol. The highest BCUT2D eigenvalue weighted by Crippen LogP contribution is 2.27. The Hall–Kier alpha value is -3.42. The minimum absolute atomic E-state index is 0.0478. The van der Waals surface area contributed by atoms with Crippen LogP contribution in [0.3, 0.4) is 0 Å². The fourth-order valence-corrected chi connectivity index (χ4v) is 2.94. The largest absolute Gasteiger partial charge is 0.488 e. The lowest BCUT2D eigenvalue weighted by Gasteiger charge is -2.13. The molecule has 2 heterocycles. The van der Waals surface area contributed by atoms with Crippen LogP contribution in [0.2, 0.25) is 0 Å². The molecule has 0 unspecified atom stereocenters. The monoisotopic (exact) mass is 350 g/mol. The Morgan fingerprint density at radius 2 is 2.15 bits per heavy atom. The molecular formula is C18H18N6O2. The third-order valence-electron chi connectivity index (χ3n) is 4.18. The maximum atomic E-state index is 12.2. The Balaban J connectivity index is 1.34. The quantitative estimate of drug-likeness (QED) is 0.751. The normalized spacial score (nSPS) is 15.2. The van der Waals surface area contributed by atoms with Gasteiger partial charge < -0.3 is 15.4 Å². The van der Waals surface area contributed by atoms with Crippen LogP contribution in [0.5, 0.6) is 5.75 Å². The second-order valence-electron chi connectivity index (χ2n) is 6.07. The molecule has 1 aromatic heterocycles. The molecule has 0 saturated carbocycles. The van der Waals surface area contributed by atoms with Crippen molar-refractivity contribution in [3.63, 3.8) is 0 Å². The number of amides is 2. The molecule has 132 valence electrons. The van der Waals surface area contributed by atoms with E-state index < -0.39 is 0 Å². The average Bonchev–Trinajstić information content (AvgIpc) is 3.25. The first-order chi connectivity index (χ1) is 12.7. The molecule has 0 saturated heterocycles. The number of aryl methyl sites for hydroxylation is 1. The molecule has 1 atom stereocenters. The van der Waals surface area contributed by atoms with Gasteiger partial charge in [0.05, 0.1) is 12.2 Å². The summed E-state index contributed by atoms with van der Waals surface area (Å²) in [6.07, 6.45) is 0.748. The van der Waals surface area contributed by atoms with Crippen molar-refractivity contribution < 1.29 is 9.53 Å². The molecule has 8 heteroatoms. The van der Waals surface area contributed by atoms with E-state index in [0.717, 1.165) is 17.9 Å². The Kier molecular flexibility index (Phi) is 4.22. The zero-order valence-electron chi connectivity index (χ0n) is 14.2. The zero-order valence-corrected chi connectivity index (χ0v) is 14.2. The highest BCUT2D eigenvalue weighted by molar-refractivity contribution is 5.89. The summed E-state index contributed by atoms with van der Waals surface area (Å²) in [6, 6.07) is 15.0. The van der Waals surface area contributed by atoms with E-state index in [1.165, 1.54) is 5.56 Å². The summed E-state index contributed by atoms with van der Waals surface area (Å²) in [5, 5.41) is 17.1. The van der Waals surface area contributed by atoms with Crippen molar-refractivity contribution in [1.82, 2.24) is 25.5 Å². The number of tetrazole rings is 1. The highest BCUT2D eigenvalue weighted by Gasteiger charge is 2.22. The van der Waals surface area contributed by atoms with Crippen LogP contribution in [0.4, 0.5) is 10.5 Å². The van der Waals surface area contributed by atoms with Crippen molar-refractivity contribution in [2.75, 3.05) is 11.9 Å². The summed E-state index contributed by atoms with van der Waals surface area (Å²) in [6.45, 7) is 2.25. The molecule has 26 heavy (non-hydrogen) atoms. The highest BCUT2D eigenvalue weighted by atomic mass is 16.5. The molecule has 3 aromatic rings. The van der Waals surface area contributed by atoms with E-state index in [1.807, 2.05) is 55.5 Å². The van der Waals surface area contributed by atoms with Gasteiger partial charge in [-0.2, -0.15) is 4.68 Å². The molecule has 0 fully saturated rings. The molecule has 1 aliphatic rings. The Labute approximate surface area is 150 Å². The van der Waals surface area contributed by atoms with Gasteiger partial charge in [0.1, 0.15) is 11.9 Å². The number of hydrogen-bond acceptors (Lipinski definition) is 5. The maximum Gasteiger partial charge on any atom is 0.319 e. The van der Waals surface area contributed by atoms with E-state index in [0.29, 0.717) is 18.1 Å². The van der Waals surface area contributed by atoms with Gasteiger partial charge in [-0.1, -0.05) is 24.3 Å². The number of fused-ring (bicyclic) bond motifs is 1. The smallest absolute Gasteiger partial charge is 0.319 e. The van der Waals surface area contributed by atoms with E-state index in [2.05, 4.69) is 26.2 Å². The number of urea groups is 1. The predicted molar refractivity (Wildman–Crippen MR) is 95.5 cm³/mol. The standard InChI is InChI=1S/C18H18N6O2/c1-12-21-22-23-24(12)15-7-4-6-14(10-15)20-18(25)19-11-16-9-13-5-2-3-8-17(13)26-16/h2-8,10,16H,9,11H2,1H3,(H2,19,20,25)/t16-/m0/s1. The van der Waals surface area contributed by atoms with Crippen molar-refractivity contribution in [1.29, 1.82) is 0 Å². The molecule has 2 amide bonds.